The molecule has 0 aromatic carbocycles. The first-order valence-electron chi connectivity index (χ1n) is 8.35. The zero-order valence-electron chi connectivity index (χ0n) is 15.3. The van der Waals surface area contributed by atoms with Gasteiger partial charge in [-0.25, -0.2) is 9.78 Å². The van der Waals surface area contributed by atoms with Crippen LogP contribution in [-0.2, 0) is 9.53 Å². The molecule has 2 aromatic rings. The Morgan fingerprint density at radius 2 is 2.08 bits per heavy atom. The molecule has 0 saturated heterocycles. The molecule has 0 aliphatic rings. The number of carbonyl (C=O) groups excluding carboxylic acids is 1. The van der Waals surface area contributed by atoms with Crippen molar-refractivity contribution in [3.05, 3.63) is 34.5 Å². The number of hydrogen-bond acceptors (Lipinski definition) is 6. The maximum atomic E-state index is 12.4. The summed E-state index contributed by atoms with van der Waals surface area (Å²) in [5, 5.41) is 12.6. The standard InChI is InChI=1S/C18H23N3O4S/c1-10(2)25-13(18(23)24)7-9-20-16(22)15-12(4)26-17(21-15)14-11(3)6-5-8-19-14/h5-6,8,10,13H,7,9H2,1-4H3,(H,20,22)(H,23,24). The Hall–Kier alpha value is -2.32. The number of ether oxygens (including phenoxy) is 1. The van der Waals surface area contributed by atoms with Gasteiger partial charge in [0.25, 0.3) is 5.91 Å². The summed E-state index contributed by atoms with van der Waals surface area (Å²) in [5.74, 6) is -1.36. The number of aryl methyl sites for hydroxylation is 2. The molecule has 1 atom stereocenters. The van der Waals surface area contributed by atoms with Crippen molar-refractivity contribution in [2.24, 2.45) is 0 Å². The van der Waals surface area contributed by atoms with Crippen LogP contribution in [0.3, 0.4) is 0 Å². The first-order chi connectivity index (χ1) is 12.3. The molecule has 2 N–H and O–H groups in total. The van der Waals surface area contributed by atoms with E-state index in [0.29, 0.717) is 10.7 Å². The highest BCUT2D eigenvalue weighted by Gasteiger charge is 2.21. The molecule has 7 nitrogen and oxygen atoms in total. The summed E-state index contributed by atoms with van der Waals surface area (Å²) in [5.41, 5.74) is 2.09. The van der Waals surface area contributed by atoms with E-state index in [2.05, 4.69) is 15.3 Å². The number of carboxylic acid groups (broad SMARTS) is 1. The van der Waals surface area contributed by atoms with Gasteiger partial charge in [-0.05, 0) is 39.3 Å². The van der Waals surface area contributed by atoms with Crippen molar-refractivity contribution in [2.45, 2.75) is 46.3 Å². The summed E-state index contributed by atoms with van der Waals surface area (Å²) >= 11 is 1.41. The molecule has 0 aliphatic heterocycles. The normalized spacial score (nSPS) is 12.2. The largest absolute Gasteiger partial charge is 0.479 e. The molecule has 0 saturated carbocycles. The van der Waals surface area contributed by atoms with E-state index in [9.17, 15) is 9.59 Å². The van der Waals surface area contributed by atoms with Gasteiger partial charge in [0.1, 0.15) is 16.4 Å². The molecule has 0 spiro atoms. The van der Waals surface area contributed by atoms with E-state index in [0.717, 1.165) is 16.1 Å². The Bertz CT molecular complexity index is 788. The lowest BCUT2D eigenvalue weighted by Crippen LogP contribution is -2.33. The number of hydrogen-bond donors (Lipinski definition) is 2. The van der Waals surface area contributed by atoms with Crippen LogP contribution in [0.1, 0.15) is 41.2 Å². The molecule has 0 radical (unpaired) electrons. The van der Waals surface area contributed by atoms with Gasteiger partial charge < -0.3 is 15.2 Å². The minimum atomic E-state index is -1.04. The molecule has 0 bridgehead atoms. The lowest BCUT2D eigenvalue weighted by atomic mass is 10.2. The monoisotopic (exact) mass is 377 g/mol. The number of thiazole rings is 1. The third-order valence-electron chi connectivity index (χ3n) is 3.63. The zero-order chi connectivity index (χ0) is 19.3. The number of carbonyl (C=O) groups is 2. The summed E-state index contributed by atoms with van der Waals surface area (Å²) < 4.78 is 5.33. The molecule has 2 aromatic heterocycles. The number of aromatic nitrogens is 2. The highest BCUT2D eigenvalue weighted by atomic mass is 32.1. The molecule has 0 aliphatic carbocycles. The summed E-state index contributed by atoms with van der Waals surface area (Å²) in [7, 11) is 0. The Labute approximate surface area is 156 Å². The predicted octanol–water partition coefficient (Wildman–Crippen LogP) is 2.82. The molecule has 140 valence electrons. The van der Waals surface area contributed by atoms with Gasteiger partial charge in [0.15, 0.2) is 6.10 Å². The van der Waals surface area contributed by atoms with Gasteiger partial charge in [0, 0.05) is 24.0 Å². The molecule has 2 heterocycles. The van der Waals surface area contributed by atoms with Gasteiger partial charge in [0.2, 0.25) is 0 Å². The summed E-state index contributed by atoms with van der Waals surface area (Å²) in [6, 6.07) is 3.80. The number of aliphatic carboxylic acids is 1. The van der Waals surface area contributed by atoms with Crippen LogP contribution < -0.4 is 5.32 Å². The van der Waals surface area contributed by atoms with Crippen LogP contribution in [0.5, 0.6) is 0 Å². The quantitative estimate of drug-likeness (QED) is 0.733. The van der Waals surface area contributed by atoms with E-state index in [1.165, 1.54) is 11.3 Å². The van der Waals surface area contributed by atoms with Crippen LogP contribution in [0.15, 0.2) is 18.3 Å². The fourth-order valence-electron chi connectivity index (χ4n) is 2.40. The molecule has 1 unspecified atom stereocenters. The average molecular weight is 377 g/mol. The average Bonchev–Trinajstić information content (AvgIpc) is 2.95. The number of amides is 1. The predicted molar refractivity (Wildman–Crippen MR) is 99.4 cm³/mol. The van der Waals surface area contributed by atoms with Crippen molar-refractivity contribution in [2.75, 3.05) is 6.54 Å². The number of carboxylic acids is 1. The maximum absolute atomic E-state index is 12.4. The van der Waals surface area contributed by atoms with Gasteiger partial charge in [0.05, 0.1) is 6.10 Å². The van der Waals surface area contributed by atoms with Crippen LogP contribution in [0.4, 0.5) is 0 Å². The van der Waals surface area contributed by atoms with E-state index in [1.807, 2.05) is 26.0 Å². The van der Waals surface area contributed by atoms with Crippen LogP contribution in [0, 0.1) is 13.8 Å². The molecular formula is C18H23N3O4S. The number of pyridine rings is 1. The molecule has 26 heavy (non-hydrogen) atoms. The van der Waals surface area contributed by atoms with Gasteiger partial charge in [-0.15, -0.1) is 11.3 Å². The minimum Gasteiger partial charge on any atom is -0.479 e. The van der Waals surface area contributed by atoms with Crippen molar-refractivity contribution < 1.29 is 19.4 Å². The number of nitrogens with zero attached hydrogens (tertiary/aromatic N) is 2. The lowest BCUT2D eigenvalue weighted by molar-refractivity contribution is -0.153. The summed E-state index contributed by atoms with van der Waals surface area (Å²) in [6.07, 6.45) is 0.740. The first kappa shape index (κ1) is 20.0. The number of nitrogens with one attached hydrogen (secondary N) is 1. The third kappa shape index (κ3) is 5.09. The van der Waals surface area contributed by atoms with Crippen LogP contribution in [0.2, 0.25) is 0 Å². The molecule has 8 heteroatoms. The summed E-state index contributed by atoms with van der Waals surface area (Å²) in [4.78, 5) is 33.1. The SMILES string of the molecule is Cc1cccnc1-c1nc(C(=O)NCCC(OC(C)C)C(=O)O)c(C)s1. The number of rotatable bonds is 8. The molecule has 0 fully saturated rings. The van der Waals surface area contributed by atoms with E-state index in [1.54, 1.807) is 20.0 Å². The van der Waals surface area contributed by atoms with Crippen molar-refractivity contribution in [1.29, 1.82) is 0 Å². The Kier molecular flexibility index (Phi) is 6.82. The van der Waals surface area contributed by atoms with Crippen molar-refractivity contribution in [3.8, 4) is 10.7 Å². The maximum Gasteiger partial charge on any atom is 0.332 e. The van der Waals surface area contributed by atoms with E-state index in [4.69, 9.17) is 9.84 Å². The minimum absolute atomic E-state index is 0.189. The lowest BCUT2D eigenvalue weighted by Gasteiger charge is -2.16. The van der Waals surface area contributed by atoms with E-state index in [-0.39, 0.29) is 25.0 Å². The van der Waals surface area contributed by atoms with Crippen molar-refractivity contribution in [1.82, 2.24) is 15.3 Å². The Morgan fingerprint density at radius 3 is 2.69 bits per heavy atom. The topological polar surface area (TPSA) is 101 Å². The second-order valence-corrected chi connectivity index (χ2v) is 7.35. The van der Waals surface area contributed by atoms with Gasteiger partial charge >= 0.3 is 5.97 Å². The second-order valence-electron chi connectivity index (χ2n) is 6.15. The highest BCUT2D eigenvalue weighted by molar-refractivity contribution is 7.15. The van der Waals surface area contributed by atoms with Crippen LogP contribution in [-0.4, -0.2) is 45.7 Å². The highest BCUT2D eigenvalue weighted by Crippen LogP contribution is 2.28. The Balaban J connectivity index is 2.02. The van der Waals surface area contributed by atoms with Crippen LogP contribution >= 0.6 is 11.3 Å². The molecular weight excluding hydrogens is 354 g/mol. The zero-order valence-corrected chi connectivity index (χ0v) is 16.1. The summed E-state index contributed by atoms with van der Waals surface area (Å²) in [6.45, 7) is 7.51. The fraction of sp³-hybridized carbons (Fsp3) is 0.444. The van der Waals surface area contributed by atoms with Gasteiger partial charge in [-0.3, -0.25) is 9.78 Å². The fourth-order valence-corrected chi connectivity index (χ4v) is 3.37. The van der Waals surface area contributed by atoms with Gasteiger partial charge in [-0.2, -0.15) is 0 Å². The smallest absolute Gasteiger partial charge is 0.332 e. The third-order valence-corrected chi connectivity index (χ3v) is 4.61. The van der Waals surface area contributed by atoms with E-state index >= 15 is 0 Å². The molecule has 2 rings (SSSR count). The first-order valence-corrected chi connectivity index (χ1v) is 9.17. The molecule has 1 amide bonds. The van der Waals surface area contributed by atoms with E-state index < -0.39 is 12.1 Å². The van der Waals surface area contributed by atoms with Crippen LogP contribution in [0.25, 0.3) is 10.7 Å². The second kappa shape index (κ2) is 8.86. The van der Waals surface area contributed by atoms with Gasteiger partial charge in [-0.1, -0.05) is 6.07 Å². The Morgan fingerprint density at radius 1 is 1.35 bits per heavy atom. The van der Waals surface area contributed by atoms with Crippen molar-refractivity contribution in [3.63, 3.8) is 0 Å². The van der Waals surface area contributed by atoms with Crippen molar-refractivity contribution >= 4 is 23.2 Å².